The Balaban J connectivity index is 1.58. The number of ether oxygens (including phenoxy) is 1. The van der Waals surface area contributed by atoms with Crippen molar-refractivity contribution in [3.05, 3.63) is 57.5 Å². The normalized spacial score (nSPS) is 17.7. The zero-order chi connectivity index (χ0) is 25.8. The van der Waals surface area contributed by atoms with Crippen LogP contribution in [0.25, 0.3) is 5.00 Å². The Morgan fingerprint density at radius 3 is 2.47 bits per heavy atom. The van der Waals surface area contributed by atoms with Crippen LogP contribution in [0.4, 0.5) is 5.69 Å². The fourth-order valence-electron chi connectivity index (χ4n) is 4.83. The minimum Gasteiger partial charge on any atom is -0.460 e. The van der Waals surface area contributed by atoms with E-state index in [1.165, 1.54) is 16.1 Å². The van der Waals surface area contributed by atoms with Crippen LogP contribution in [-0.4, -0.2) is 51.7 Å². The van der Waals surface area contributed by atoms with Gasteiger partial charge in [0.25, 0.3) is 0 Å². The Morgan fingerprint density at radius 1 is 1.14 bits per heavy atom. The van der Waals surface area contributed by atoms with E-state index in [1.807, 2.05) is 27.7 Å². The summed E-state index contributed by atoms with van der Waals surface area (Å²) in [5.74, 6) is 1.72. The van der Waals surface area contributed by atoms with Gasteiger partial charge in [-0.3, -0.25) is 14.4 Å². The molecule has 0 saturated carbocycles. The molecule has 0 unspecified atom stereocenters. The number of nitrogens with zero attached hydrogens (tertiary/aromatic N) is 5. The average Bonchev–Trinajstić information content (AvgIpc) is 3.24. The summed E-state index contributed by atoms with van der Waals surface area (Å²) in [6, 6.07) is 8.06. The monoisotopic (exact) mass is 506 g/mol. The quantitative estimate of drug-likeness (QED) is 0.519. The number of thiophene rings is 1. The number of fused-ring (bicyclic) bond motifs is 3. The van der Waals surface area contributed by atoms with Crippen LogP contribution >= 0.6 is 11.3 Å². The summed E-state index contributed by atoms with van der Waals surface area (Å²) in [6.45, 7) is 14.5. The molecule has 190 valence electrons. The first kappa shape index (κ1) is 24.6. The molecule has 2 N–H and O–H groups in total. The van der Waals surface area contributed by atoms with E-state index in [1.54, 1.807) is 11.3 Å². The fraction of sp³-hybridized carbons (Fsp3) is 0.481. The van der Waals surface area contributed by atoms with Gasteiger partial charge in [0.15, 0.2) is 5.82 Å². The van der Waals surface area contributed by atoms with Crippen molar-refractivity contribution < 1.29 is 9.53 Å². The summed E-state index contributed by atoms with van der Waals surface area (Å²) >= 11 is 1.71. The summed E-state index contributed by atoms with van der Waals surface area (Å²) in [4.78, 5) is 21.6. The average molecular weight is 507 g/mol. The molecule has 0 radical (unpaired) electrons. The first-order valence-electron chi connectivity index (χ1n) is 12.4. The maximum Gasteiger partial charge on any atom is 0.308 e. The highest BCUT2D eigenvalue weighted by atomic mass is 32.1. The molecule has 0 spiro atoms. The Hall–Kier alpha value is -3.04. The van der Waals surface area contributed by atoms with Gasteiger partial charge in [0.2, 0.25) is 0 Å². The van der Waals surface area contributed by atoms with E-state index in [2.05, 4.69) is 57.8 Å². The summed E-state index contributed by atoms with van der Waals surface area (Å²) in [7, 11) is 0. The zero-order valence-electron chi connectivity index (χ0n) is 21.8. The summed E-state index contributed by atoms with van der Waals surface area (Å²) < 4.78 is 7.71. The lowest BCUT2D eigenvalue weighted by Gasteiger charge is -2.40. The molecule has 0 bridgehead atoms. The first-order valence-corrected chi connectivity index (χ1v) is 13.2. The van der Waals surface area contributed by atoms with Crippen LogP contribution in [0, 0.1) is 26.7 Å². The van der Waals surface area contributed by atoms with Gasteiger partial charge in [-0.1, -0.05) is 12.1 Å². The topological polar surface area (TPSA) is 98.6 Å². The van der Waals surface area contributed by atoms with Crippen LogP contribution in [0.5, 0.6) is 0 Å². The largest absolute Gasteiger partial charge is 0.460 e. The minimum atomic E-state index is -0.570. The number of aromatic nitrogens is 3. The van der Waals surface area contributed by atoms with Crippen LogP contribution in [0.2, 0.25) is 0 Å². The number of carbonyl (C=O) groups is 1. The number of carbonyl (C=O) groups excluding carboxylic acids is 1. The lowest BCUT2D eigenvalue weighted by Crippen LogP contribution is -2.49. The maximum atomic E-state index is 12.9. The van der Waals surface area contributed by atoms with Gasteiger partial charge >= 0.3 is 5.97 Å². The van der Waals surface area contributed by atoms with Crippen LogP contribution in [0.1, 0.15) is 66.5 Å². The summed E-state index contributed by atoms with van der Waals surface area (Å²) in [5.41, 5.74) is 10.6. The van der Waals surface area contributed by atoms with Crippen LogP contribution in [-0.2, 0) is 9.53 Å². The van der Waals surface area contributed by atoms with E-state index in [-0.39, 0.29) is 12.4 Å². The van der Waals surface area contributed by atoms with Crippen molar-refractivity contribution in [2.45, 2.75) is 59.6 Å². The Kier molecular flexibility index (Phi) is 6.24. The third-order valence-electron chi connectivity index (χ3n) is 6.82. The van der Waals surface area contributed by atoms with Gasteiger partial charge in [-0.15, -0.1) is 21.5 Å². The number of rotatable bonds is 5. The van der Waals surface area contributed by atoms with Crippen molar-refractivity contribution in [3.8, 4) is 5.00 Å². The van der Waals surface area contributed by atoms with Gasteiger partial charge in [0, 0.05) is 40.7 Å². The van der Waals surface area contributed by atoms with Crippen molar-refractivity contribution in [2.75, 3.05) is 24.5 Å². The molecular formula is C27H34N6O2S. The van der Waals surface area contributed by atoms with E-state index < -0.39 is 11.6 Å². The van der Waals surface area contributed by atoms with Gasteiger partial charge < -0.3 is 15.4 Å². The molecule has 36 heavy (non-hydrogen) atoms. The van der Waals surface area contributed by atoms with E-state index in [0.717, 1.165) is 47.3 Å². The van der Waals surface area contributed by atoms with E-state index in [4.69, 9.17) is 15.5 Å². The van der Waals surface area contributed by atoms with Crippen LogP contribution in [0.3, 0.4) is 0 Å². The van der Waals surface area contributed by atoms with E-state index in [0.29, 0.717) is 11.7 Å². The first-order chi connectivity index (χ1) is 17.1. The number of esters is 1. The molecule has 2 aliphatic heterocycles. The van der Waals surface area contributed by atoms with Crippen molar-refractivity contribution in [1.82, 2.24) is 14.8 Å². The predicted octanol–water partition coefficient (Wildman–Crippen LogP) is 4.27. The molecule has 0 amide bonds. The number of aliphatic imine (C=N–C) groups is 1. The SMILES string of the molecule is Cc1sc2c(c1C)C(c1ccc(N3CC(CN)C3)cc1)=N[C@@H](CC(=O)OC(C)(C)C)c1nnc(C)n1-2. The second kappa shape index (κ2) is 9.12. The number of hydrogen-bond acceptors (Lipinski definition) is 8. The highest BCUT2D eigenvalue weighted by Gasteiger charge is 2.33. The highest BCUT2D eigenvalue weighted by Crippen LogP contribution is 2.40. The molecule has 2 aliphatic rings. The molecule has 3 aromatic rings. The van der Waals surface area contributed by atoms with E-state index in [9.17, 15) is 4.79 Å². The number of nitrogens with two attached hydrogens (primary N) is 1. The maximum absolute atomic E-state index is 12.9. The molecule has 1 atom stereocenters. The van der Waals surface area contributed by atoms with Gasteiger partial charge in [-0.2, -0.15) is 0 Å². The predicted molar refractivity (Wildman–Crippen MR) is 143 cm³/mol. The standard InChI is InChI=1S/C27H34N6O2S/c1-15-16(2)36-26-23(15)24(19-7-9-20(10-8-19)32-13-18(12-28)14-32)29-21(11-22(34)35-27(4,5)6)25-31-30-17(3)33(25)26/h7-10,18,21H,11-14,28H2,1-6H3/t21-/m0/s1. The van der Waals surface area contributed by atoms with Crippen LogP contribution < -0.4 is 10.6 Å². The van der Waals surface area contributed by atoms with Gasteiger partial charge in [-0.05, 0) is 65.8 Å². The highest BCUT2D eigenvalue weighted by molar-refractivity contribution is 7.15. The fourth-order valence-corrected chi connectivity index (χ4v) is 6.04. The third kappa shape index (κ3) is 4.46. The van der Waals surface area contributed by atoms with Gasteiger partial charge in [0.1, 0.15) is 22.5 Å². The lowest BCUT2D eigenvalue weighted by molar-refractivity contribution is -0.155. The van der Waals surface area contributed by atoms with E-state index >= 15 is 0 Å². The molecule has 1 aromatic carbocycles. The molecular weight excluding hydrogens is 472 g/mol. The number of benzene rings is 1. The third-order valence-corrected chi connectivity index (χ3v) is 8.01. The second-order valence-electron chi connectivity index (χ2n) is 10.7. The lowest BCUT2D eigenvalue weighted by atomic mass is 9.97. The molecule has 1 fully saturated rings. The summed E-state index contributed by atoms with van der Waals surface area (Å²) in [5, 5.41) is 9.87. The minimum absolute atomic E-state index is 0.0954. The van der Waals surface area contributed by atoms with Crippen molar-refractivity contribution in [2.24, 2.45) is 16.6 Å². The van der Waals surface area contributed by atoms with Crippen molar-refractivity contribution >= 4 is 28.7 Å². The molecule has 4 heterocycles. The molecule has 9 heteroatoms. The second-order valence-corrected chi connectivity index (χ2v) is 11.9. The smallest absolute Gasteiger partial charge is 0.308 e. The molecule has 2 aromatic heterocycles. The Labute approximate surface area is 216 Å². The Morgan fingerprint density at radius 2 is 1.83 bits per heavy atom. The zero-order valence-corrected chi connectivity index (χ0v) is 22.6. The molecule has 5 rings (SSSR count). The Bertz CT molecular complexity index is 1330. The number of aryl methyl sites for hydroxylation is 2. The van der Waals surface area contributed by atoms with Crippen LogP contribution in [0.15, 0.2) is 29.3 Å². The van der Waals surface area contributed by atoms with Crippen molar-refractivity contribution in [3.63, 3.8) is 0 Å². The number of anilines is 1. The summed E-state index contributed by atoms with van der Waals surface area (Å²) in [6.07, 6.45) is 0.0954. The van der Waals surface area contributed by atoms with Gasteiger partial charge in [-0.25, -0.2) is 0 Å². The molecule has 1 saturated heterocycles. The number of hydrogen-bond donors (Lipinski definition) is 1. The van der Waals surface area contributed by atoms with Crippen molar-refractivity contribution in [1.29, 1.82) is 0 Å². The molecule has 8 nitrogen and oxygen atoms in total. The van der Waals surface area contributed by atoms with Gasteiger partial charge in [0.05, 0.1) is 12.1 Å². The molecule has 0 aliphatic carbocycles.